The van der Waals surface area contributed by atoms with Crippen LogP contribution in [0.1, 0.15) is 200 Å². The van der Waals surface area contributed by atoms with Crippen LogP contribution in [0.5, 0.6) is 0 Å². The first kappa shape index (κ1) is 49.3. The summed E-state index contributed by atoms with van der Waals surface area (Å²) in [6.07, 6.45) is 41.1. The van der Waals surface area contributed by atoms with Gasteiger partial charge in [-0.05, 0) is 70.6 Å². The van der Waals surface area contributed by atoms with E-state index in [1.54, 1.807) is 0 Å². The number of carbonyl (C=O) groups is 4. The maximum Gasteiger partial charge on any atom is 0.328 e. The van der Waals surface area contributed by atoms with Crippen LogP contribution in [0.4, 0.5) is 0 Å². The van der Waals surface area contributed by atoms with Gasteiger partial charge in [0.1, 0.15) is 12.1 Å². The molecule has 0 saturated heterocycles. The molecule has 0 aromatic heterocycles. The van der Waals surface area contributed by atoms with E-state index in [0.29, 0.717) is 12.8 Å². The average molecular weight is 735 g/mol. The van der Waals surface area contributed by atoms with E-state index in [1.165, 1.54) is 103 Å². The lowest BCUT2D eigenvalue weighted by molar-refractivity contribution is -0.150. The summed E-state index contributed by atoms with van der Waals surface area (Å²) in [6, 6.07) is -1.39. The van der Waals surface area contributed by atoms with Gasteiger partial charge in [-0.15, -0.1) is 0 Å². The number of carboxylic acids is 1. The number of carbonyl (C=O) groups excluding carboxylic acids is 3. The molecule has 9 heteroatoms. The summed E-state index contributed by atoms with van der Waals surface area (Å²) in [7, 11) is 0. The lowest BCUT2D eigenvalue weighted by Crippen LogP contribution is -2.47. The topological polar surface area (TPSA) is 142 Å². The highest BCUT2D eigenvalue weighted by Gasteiger charge is 2.19. The van der Waals surface area contributed by atoms with Crippen LogP contribution in [0, 0.1) is 0 Å². The molecule has 0 spiro atoms. The number of aliphatic hydroxyl groups is 1. The van der Waals surface area contributed by atoms with Crippen molar-refractivity contribution in [1.29, 1.82) is 0 Å². The number of aliphatic hydroxyl groups excluding tert-OH is 1. The number of nitrogens with one attached hydrogen (secondary N) is 2. The van der Waals surface area contributed by atoms with Gasteiger partial charge in [0.05, 0.1) is 13.2 Å². The zero-order chi connectivity index (χ0) is 38.3. The number of unbranched alkanes of at least 4 members (excludes halogenated alkanes) is 20. The Balaban J connectivity index is 3.83. The highest BCUT2D eigenvalue weighted by atomic mass is 16.5. The molecule has 0 heterocycles. The van der Waals surface area contributed by atoms with Crippen LogP contribution in [0.2, 0.25) is 0 Å². The van der Waals surface area contributed by atoms with Crippen molar-refractivity contribution in [2.24, 2.45) is 0 Å². The Bertz CT molecular complexity index is 936. The Morgan fingerprint density at radius 1 is 0.577 bits per heavy atom. The van der Waals surface area contributed by atoms with Gasteiger partial charge in [0.15, 0.2) is 0 Å². The summed E-state index contributed by atoms with van der Waals surface area (Å²) in [4.78, 5) is 47.3. The van der Waals surface area contributed by atoms with E-state index in [0.717, 1.165) is 64.2 Å². The third-order valence-corrected chi connectivity index (χ3v) is 9.45. The number of carboxylic acid groups (broad SMARTS) is 1. The summed E-state index contributed by atoms with van der Waals surface area (Å²) in [5, 5.41) is 22.5. The quantitative estimate of drug-likeness (QED) is 0.0281. The molecule has 0 aliphatic rings. The number of aliphatic carboxylic acids is 1. The fourth-order valence-electron chi connectivity index (χ4n) is 6.16. The van der Waals surface area contributed by atoms with Crippen molar-refractivity contribution in [3.05, 3.63) is 24.3 Å². The second-order valence-electron chi connectivity index (χ2n) is 14.4. The molecule has 0 aliphatic carbocycles. The first-order valence-electron chi connectivity index (χ1n) is 21.2. The molecule has 2 atom stereocenters. The molecule has 0 aromatic rings. The number of hydrogen-bond acceptors (Lipinski definition) is 6. The van der Waals surface area contributed by atoms with Gasteiger partial charge in [-0.3, -0.25) is 14.4 Å². The number of allylic oxidation sites excluding steroid dienone is 4. The van der Waals surface area contributed by atoms with Gasteiger partial charge in [-0.2, -0.15) is 0 Å². The van der Waals surface area contributed by atoms with Gasteiger partial charge in [-0.25, -0.2) is 4.79 Å². The van der Waals surface area contributed by atoms with Crippen molar-refractivity contribution in [3.8, 4) is 0 Å². The van der Waals surface area contributed by atoms with Crippen LogP contribution in [-0.4, -0.2) is 59.3 Å². The standard InChI is InChI=1S/C43H78N2O7/c1-3-5-7-8-9-10-11-12-13-14-15-16-17-18-19-20-21-22-23-24-25-26-31-35-42(49)52-38(32-28-6-4-2)33-29-27-30-34-40(47)44-36-41(48)45-39(37-46)43(50)51/h11-12,14-15,38-39,46H,3-10,13,16-37H2,1-2H3,(H,44,47)(H,45,48)(H,50,51)/b12-11-,15-14-. The highest BCUT2D eigenvalue weighted by molar-refractivity contribution is 5.87. The fraction of sp³-hybridized carbons (Fsp3) is 0.814. The van der Waals surface area contributed by atoms with Gasteiger partial charge in [0.2, 0.25) is 11.8 Å². The maximum absolute atomic E-state index is 12.6. The zero-order valence-corrected chi connectivity index (χ0v) is 33.3. The summed E-state index contributed by atoms with van der Waals surface area (Å²) < 4.78 is 5.87. The lowest BCUT2D eigenvalue weighted by Gasteiger charge is -2.18. The minimum absolute atomic E-state index is 0.0799. The van der Waals surface area contributed by atoms with Crippen molar-refractivity contribution in [3.63, 3.8) is 0 Å². The van der Waals surface area contributed by atoms with Crippen molar-refractivity contribution < 1.29 is 34.1 Å². The number of hydrogen-bond donors (Lipinski definition) is 4. The van der Waals surface area contributed by atoms with Crippen LogP contribution in [-0.2, 0) is 23.9 Å². The van der Waals surface area contributed by atoms with E-state index >= 15 is 0 Å². The molecule has 9 nitrogen and oxygen atoms in total. The van der Waals surface area contributed by atoms with Crippen molar-refractivity contribution in [2.45, 2.75) is 212 Å². The average Bonchev–Trinajstić information content (AvgIpc) is 3.12. The predicted octanol–water partition coefficient (Wildman–Crippen LogP) is 10.0. The molecule has 4 N–H and O–H groups in total. The van der Waals surface area contributed by atoms with Crippen LogP contribution >= 0.6 is 0 Å². The van der Waals surface area contributed by atoms with Gasteiger partial charge in [0.25, 0.3) is 0 Å². The number of ether oxygens (including phenoxy) is 1. The first-order chi connectivity index (χ1) is 25.3. The molecule has 52 heavy (non-hydrogen) atoms. The van der Waals surface area contributed by atoms with Gasteiger partial charge in [-0.1, -0.05) is 141 Å². The van der Waals surface area contributed by atoms with Gasteiger partial charge < -0.3 is 25.6 Å². The van der Waals surface area contributed by atoms with Gasteiger partial charge in [0, 0.05) is 12.8 Å². The Morgan fingerprint density at radius 2 is 1.04 bits per heavy atom. The summed E-state index contributed by atoms with van der Waals surface area (Å²) >= 11 is 0. The third kappa shape index (κ3) is 34.4. The van der Waals surface area contributed by atoms with Crippen LogP contribution in [0.25, 0.3) is 0 Å². The summed E-state index contributed by atoms with van der Waals surface area (Å²) in [6.45, 7) is 3.36. The van der Waals surface area contributed by atoms with E-state index in [4.69, 9.17) is 14.9 Å². The molecule has 0 saturated carbocycles. The maximum atomic E-state index is 12.6. The van der Waals surface area contributed by atoms with Crippen LogP contribution in [0.15, 0.2) is 24.3 Å². The van der Waals surface area contributed by atoms with E-state index in [-0.39, 0.29) is 30.9 Å². The largest absolute Gasteiger partial charge is 0.480 e. The Hall–Kier alpha value is -2.68. The molecule has 0 bridgehead atoms. The van der Waals surface area contributed by atoms with E-state index in [9.17, 15) is 19.2 Å². The summed E-state index contributed by atoms with van der Waals surface area (Å²) in [5.41, 5.74) is 0. The molecular formula is C43H78N2O7. The molecular weight excluding hydrogens is 656 g/mol. The normalized spacial score (nSPS) is 12.7. The number of rotatable bonds is 38. The fourth-order valence-corrected chi connectivity index (χ4v) is 6.16. The van der Waals surface area contributed by atoms with Crippen LogP contribution in [0.3, 0.4) is 0 Å². The minimum atomic E-state index is -1.39. The summed E-state index contributed by atoms with van der Waals surface area (Å²) in [5.74, 6) is -2.39. The molecule has 0 radical (unpaired) electrons. The molecule has 0 aromatic carbocycles. The van der Waals surface area contributed by atoms with Crippen molar-refractivity contribution in [1.82, 2.24) is 10.6 Å². The smallest absolute Gasteiger partial charge is 0.328 e. The monoisotopic (exact) mass is 735 g/mol. The van der Waals surface area contributed by atoms with E-state index in [2.05, 4.69) is 48.8 Å². The molecule has 302 valence electrons. The Labute approximate surface area is 317 Å². The molecule has 2 amide bonds. The van der Waals surface area contributed by atoms with Crippen molar-refractivity contribution >= 4 is 23.8 Å². The third-order valence-electron chi connectivity index (χ3n) is 9.45. The number of esters is 1. The highest BCUT2D eigenvalue weighted by Crippen LogP contribution is 2.17. The molecule has 0 fully saturated rings. The van der Waals surface area contributed by atoms with E-state index in [1.807, 2.05) is 0 Å². The molecule has 2 unspecified atom stereocenters. The second kappa shape index (κ2) is 38.1. The molecule has 0 rings (SSSR count). The predicted molar refractivity (Wildman–Crippen MR) is 213 cm³/mol. The Morgan fingerprint density at radius 3 is 1.58 bits per heavy atom. The SMILES string of the molecule is CCCCCCC/C=C\C/C=C\CCCCCCCCCCCCCC(=O)OC(CCCCC)CCCCCC(=O)NCC(=O)NC(CO)C(=O)O. The minimum Gasteiger partial charge on any atom is -0.480 e. The van der Waals surface area contributed by atoms with E-state index < -0.39 is 24.5 Å². The molecule has 0 aliphatic heterocycles. The second-order valence-corrected chi connectivity index (χ2v) is 14.4. The Kier molecular flexibility index (Phi) is 36.1. The van der Waals surface area contributed by atoms with Crippen LogP contribution < -0.4 is 10.6 Å². The number of amides is 2. The van der Waals surface area contributed by atoms with Gasteiger partial charge >= 0.3 is 11.9 Å². The first-order valence-corrected chi connectivity index (χ1v) is 21.2. The zero-order valence-electron chi connectivity index (χ0n) is 33.3. The lowest BCUT2D eigenvalue weighted by atomic mass is 10.0. The van der Waals surface area contributed by atoms with Crippen molar-refractivity contribution in [2.75, 3.05) is 13.2 Å².